The monoisotopic (exact) mass is 516 g/mol. The summed E-state index contributed by atoms with van der Waals surface area (Å²) in [6.45, 7) is 7.93. The third-order valence-electron chi connectivity index (χ3n) is 7.26. The van der Waals surface area contributed by atoms with Crippen molar-refractivity contribution >= 4 is 29.2 Å². The average Bonchev–Trinajstić information content (AvgIpc) is 3.28. The molecule has 4 rings (SSSR count). The Balaban J connectivity index is 1.62. The molecule has 1 fully saturated rings. The fourth-order valence-electron chi connectivity index (χ4n) is 5.41. The molecule has 1 aromatic carbocycles. The summed E-state index contributed by atoms with van der Waals surface area (Å²) in [6, 6.07) is 8.93. The first-order chi connectivity index (χ1) is 18.0. The van der Waals surface area contributed by atoms with Crippen molar-refractivity contribution in [3.8, 4) is 0 Å². The van der Waals surface area contributed by atoms with E-state index in [0.29, 0.717) is 17.9 Å². The summed E-state index contributed by atoms with van der Waals surface area (Å²) >= 11 is 0. The fraction of sp³-hybridized carbons (Fsp3) is 0.414. The number of hydrogen-bond acceptors (Lipinski definition) is 6. The largest absolute Gasteiger partial charge is 0.384 e. The molecule has 1 aliphatic heterocycles. The summed E-state index contributed by atoms with van der Waals surface area (Å²) in [5.41, 5.74) is 11.4. The van der Waals surface area contributed by atoms with Crippen molar-refractivity contribution in [3.05, 3.63) is 70.7 Å². The zero-order valence-corrected chi connectivity index (χ0v) is 22.9. The summed E-state index contributed by atoms with van der Waals surface area (Å²) in [5.74, 6) is -1.37. The number of imide groups is 1. The van der Waals surface area contributed by atoms with Gasteiger partial charge < -0.3 is 10.6 Å². The van der Waals surface area contributed by atoms with Crippen LogP contribution in [0.5, 0.6) is 0 Å². The van der Waals surface area contributed by atoms with Crippen molar-refractivity contribution in [2.45, 2.75) is 58.9 Å². The van der Waals surface area contributed by atoms with E-state index in [9.17, 15) is 14.4 Å². The van der Waals surface area contributed by atoms with Crippen LogP contribution in [-0.2, 0) is 27.9 Å². The molecule has 200 valence electrons. The predicted molar refractivity (Wildman–Crippen MR) is 146 cm³/mol. The molecule has 0 spiro atoms. The van der Waals surface area contributed by atoms with Crippen molar-refractivity contribution in [1.82, 2.24) is 19.7 Å². The van der Waals surface area contributed by atoms with E-state index in [1.54, 1.807) is 37.2 Å². The van der Waals surface area contributed by atoms with Crippen LogP contribution in [0.25, 0.3) is 0 Å². The zero-order chi connectivity index (χ0) is 27.7. The van der Waals surface area contributed by atoms with Crippen LogP contribution in [0.1, 0.15) is 53.6 Å². The standard InChI is InChI=1S/C29H36N6O3/c1-7-21(22-9-17(2)8-18(3)10-22)14-26(36)35-27(29(38)34(6)23-15-31-33(5)16-23)24(28(35)37)12-20-11-19(4)32-25(30)13-20/h8-11,13,15-16,21,24,27H,7,12,14H2,1-6H3,(H2,30,32)/t21-,24+,27-/m0/s1. The van der Waals surface area contributed by atoms with Gasteiger partial charge in [0.1, 0.15) is 11.9 Å². The highest BCUT2D eigenvalue weighted by Crippen LogP contribution is 2.35. The first-order valence-electron chi connectivity index (χ1n) is 12.9. The molecule has 0 radical (unpaired) electrons. The first kappa shape index (κ1) is 27.0. The molecule has 0 unspecified atom stereocenters. The fourth-order valence-corrected chi connectivity index (χ4v) is 5.41. The van der Waals surface area contributed by atoms with Crippen LogP contribution >= 0.6 is 0 Å². The SMILES string of the molecule is CC[C@@H](CC(=O)N1C(=O)[C@H](Cc2cc(C)nc(N)c2)[C@H]1C(=O)N(C)c1cnn(C)c1)c1cc(C)cc(C)c1. The van der Waals surface area contributed by atoms with Gasteiger partial charge in [0.2, 0.25) is 11.8 Å². The van der Waals surface area contributed by atoms with E-state index in [2.05, 4.69) is 28.3 Å². The van der Waals surface area contributed by atoms with Gasteiger partial charge >= 0.3 is 0 Å². The van der Waals surface area contributed by atoms with Crippen LogP contribution in [-0.4, -0.2) is 50.5 Å². The number of amides is 3. The Kier molecular flexibility index (Phi) is 7.66. The highest BCUT2D eigenvalue weighted by atomic mass is 16.2. The molecule has 0 saturated carbocycles. The van der Waals surface area contributed by atoms with Crippen molar-refractivity contribution in [2.75, 3.05) is 17.7 Å². The number of carbonyl (C=O) groups excluding carboxylic acids is 3. The number of nitrogens with two attached hydrogens (primary N) is 1. The average molecular weight is 517 g/mol. The lowest BCUT2D eigenvalue weighted by Crippen LogP contribution is -2.69. The Labute approximate surface area is 223 Å². The van der Waals surface area contributed by atoms with E-state index < -0.39 is 12.0 Å². The van der Waals surface area contributed by atoms with Crippen LogP contribution in [0.2, 0.25) is 0 Å². The van der Waals surface area contributed by atoms with E-state index in [1.807, 2.05) is 33.8 Å². The molecular formula is C29H36N6O3. The molecule has 0 bridgehead atoms. The molecule has 9 nitrogen and oxygen atoms in total. The smallest absolute Gasteiger partial charge is 0.250 e. The number of aryl methyl sites for hydroxylation is 4. The lowest BCUT2D eigenvalue weighted by atomic mass is 9.80. The molecule has 9 heteroatoms. The summed E-state index contributed by atoms with van der Waals surface area (Å²) in [4.78, 5) is 47.6. The minimum atomic E-state index is -0.911. The second kappa shape index (κ2) is 10.8. The number of pyridine rings is 1. The quantitative estimate of drug-likeness (QED) is 0.459. The van der Waals surface area contributed by atoms with E-state index in [4.69, 9.17) is 5.73 Å². The Hall–Kier alpha value is -4.01. The van der Waals surface area contributed by atoms with Gasteiger partial charge in [-0.25, -0.2) is 4.98 Å². The van der Waals surface area contributed by atoms with E-state index in [1.165, 1.54) is 9.80 Å². The molecule has 2 aromatic heterocycles. The molecule has 3 atom stereocenters. The van der Waals surface area contributed by atoms with Crippen molar-refractivity contribution < 1.29 is 14.4 Å². The topological polar surface area (TPSA) is 114 Å². The van der Waals surface area contributed by atoms with Crippen molar-refractivity contribution in [3.63, 3.8) is 0 Å². The van der Waals surface area contributed by atoms with Gasteiger partial charge in [0, 0.05) is 32.4 Å². The molecule has 2 N–H and O–H groups in total. The molecule has 38 heavy (non-hydrogen) atoms. The second-order valence-corrected chi connectivity index (χ2v) is 10.4. The minimum absolute atomic E-state index is 0.0533. The molecule has 1 aliphatic rings. The van der Waals surface area contributed by atoms with Gasteiger partial charge in [-0.3, -0.25) is 24.0 Å². The van der Waals surface area contributed by atoms with Gasteiger partial charge in [-0.05, 0) is 62.8 Å². The third-order valence-corrected chi connectivity index (χ3v) is 7.26. The van der Waals surface area contributed by atoms with Crippen LogP contribution in [0, 0.1) is 26.7 Å². The maximum atomic E-state index is 13.8. The Morgan fingerprint density at radius 2 is 1.79 bits per heavy atom. The summed E-state index contributed by atoms with van der Waals surface area (Å²) in [7, 11) is 3.40. The van der Waals surface area contributed by atoms with Gasteiger partial charge in [-0.15, -0.1) is 0 Å². The highest BCUT2D eigenvalue weighted by Gasteiger charge is 2.55. The first-order valence-corrected chi connectivity index (χ1v) is 12.9. The number of benzene rings is 1. The zero-order valence-electron chi connectivity index (χ0n) is 22.9. The number of nitrogen functional groups attached to an aromatic ring is 1. The summed E-state index contributed by atoms with van der Waals surface area (Å²) in [6.07, 6.45) is 4.49. The van der Waals surface area contributed by atoms with Gasteiger partial charge in [0.25, 0.3) is 5.91 Å². The lowest BCUT2D eigenvalue weighted by Gasteiger charge is -2.46. The van der Waals surface area contributed by atoms with Crippen molar-refractivity contribution in [2.24, 2.45) is 13.0 Å². The highest BCUT2D eigenvalue weighted by molar-refractivity contribution is 6.12. The van der Waals surface area contributed by atoms with E-state index >= 15 is 0 Å². The number of likely N-dealkylation sites (N-methyl/N-ethyl adjacent to an activating group) is 1. The molecular weight excluding hydrogens is 480 g/mol. The Morgan fingerprint density at radius 3 is 2.37 bits per heavy atom. The predicted octanol–water partition coefficient (Wildman–Crippen LogP) is 3.47. The number of hydrogen-bond donors (Lipinski definition) is 1. The molecule has 3 heterocycles. The number of likely N-dealkylation sites (tertiary alicyclic amines) is 1. The van der Waals surface area contributed by atoms with Crippen LogP contribution in [0.15, 0.2) is 42.7 Å². The maximum Gasteiger partial charge on any atom is 0.250 e. The van der Waals surface area contributed by atoms with Crippen LogP contribution in [0.4, 0.5) is 11.5 Å². The molecule has 1 saturated heterocycles. The third kappa shape index (κ3) is 5.46. The number of aromatic nitrogens is 3. The number of nitrogens with zero attached hydrogens (tertiary/aromatic N) is 5. The molecule has 3 amide bonds. The Bertz CT molecular complexity index is 1340. The lowest BCUT2D eigenvalue weighted by molar-refractivity contribution is -0.170. The van der Waals surface area contributed by atoms with Gasteiger partial charge in [-0.2, -0.15) is 5.10 Å². The number of β-lactam (4-membered cyclic amide) rings is 1. The van der Waals surface area contributed by atoms with Gasteiger partial charge in [-0.1, -0.05) is 36.2 Å². The Morgan fingerprint density at radius 1 is 1.11 bits per heavy atom. The second-order valence-electron chi connectivity index (χ2n) is 10.4. The van der Waals surface area contributed by atoms with Gasteiger partial charge in [0.05, 0.1) is 17.8 Å². The normalized spacial score (nSPS) is 17.7. The number of rotatable bonds is 8. The van der Waals surface area contributed by atoms with E-state index in [-0.39, 0.29) is 30.1 Å². The summed E-state index contributed by atoms with van der Waals surface area (Å²) in [5, 5.41) is 4.15. The number of carbonyl (C=O) groups is 3. The maximum absolute atomic E-state index is 13.8. The summed E-state index contributed by atoms with van der Waals surface area (Å²) < 4.78 is 1.60. The molecule has 0 aliphatic carbocycles. The van der Waals surface area contributed by atoms with Crippen LogP contribution in [0.3, 0.4) is 0 Å². The molecule has 3 aromatic rings. The van der Waals surface area contributed by atoms with Crippen molar-refractivity contribution in [1.29, 1.82) is 0 Å². The number of anilines is 2. The van der Waals surface area contributed by atoms with Crippen LogP contribution < -0.4 is 10.6 Å². The van der Waals surface area contributed by atoms with E-state index in [0.717, 1.165) is 34.4 Å². The van der Waals surface area contributed by atoms with Gasteiger partial charge in [0.15, 0.2) is 0 Å². The minimum Gasteiger partial charge on any atom is -0.384 e.